The number of halogens is 1. The lowest BCUT2D eigenvalue weighted by atomic mass is 9.98. The number of nitrogens with one attached hydrogen (secondary N) is 4. The Morgan fingerprint density at radius 2 is 2.13 bits per heavy atom. The van der Waals surface area contributed by atoms with Gasteiger partial charge in [0.25, 0.3) is 5.91 Å². The first-order valence-electron chi connectivity index (χ1n) is 10.2. The first kappa shape index (κ1) is 22.6. The summed E-state index contributed by atoms with van der Waals surface area (Å²) < 4.78 is 0. The molecule has 3 atom stereocenters. The maximum Gasteiger partial charge on any atom is 0.287 e. The molecule has 0 unspecified atom stereocenters. The Balaban J connectivity index is 1.70. The minimum Gasteiger partial charge on any atom is -0.356 e. The van der Waals surface area contributed by atoms with Crippen molar-refractivity contribution < 1.29 is 14.4 Å². The van der Waals surface area contributed by atoms with Crippen LogP contribution in [-0.2, 0) is 9.59 Å². The van der Waals surface area contributed by atoms with Crippen molar-refractivity contribution >= 4 is 40.4 Å². The molecule has 4 N–H and O–H groups in total. The van der Waals surface area contributed by atoms with Gasteiger partial charge in [0.05, 0.1) is 22.1 Å². The molecular formula is C21H25ClN6O3. The van der Waals surface area contributed by atoms with Gasteiger partial charge in [-0.05, 0) is 37.3 Å². The van der Waals surface area contributed by atoms with E-state index >= 15 is 0 Å². The summed E-state index contributed by atoms with van der Waals surface area (Å²) in [5.74, 6) is -1.27. The average molecular weight is 445 g/mol. The topological polar surface area (TPSA) is 140 Å². The van der Waals surface area contributed by atoms with Crippen LogP contribution in [-0.4, -0.2) is 46.3 Å². The van der Waals surface area contributed by atoms with E-state index in [1.54, 1.807) is 18.2 Å². The van der Waals surface area contributed by atoms with Gasteiger partial charge >= 0.3 is 0 Å². The second kappa shape index (κ2) is 9.79. The maximum atomic E-state index is 12.9. The number of hydrogen-bond acceptors (Lipinski definition) is 5. The van der Waals surface area contributed by atoms with Crippen LogP contribution in [0.4, 0.5) is 0 Å². The highest BCUT2D eigenvalue weighted by Crippen LogP contribution is 2.21. The molecule has 2 aromatic rings. The van der Waals surface area contributed by atoms with Gasteiger partial charge in [0.1, 0.15) is 12.1 Å². The van der Waals surface area contributed by atoms with Crippen LogP contribution in [0, 0.1) is 23.2 Å². The molecule has 3 amide bonds. The van der Waals surface area contributed by atoms with Crippen molar-refractivity contribution in [1.29, 1.82) is 5.26 Å². The number of nitriles is 1. The van der Waals surface area contributed by atoms with Crippen LogP contribution in [0.3, 0.4) is 0 Å². The molecule has 164 valence electrons. The van der Waals surface area contributed by atoms with Crippen molar-refractivity contribution in [2.24, 2.45) is 11.8 Å². The number of nitrogens with zero attached hydrogens (tertiary/aromatic N) is 2. The summed E-state index contributed by atoms with van der Waals surface area (Å²) in [5, 5.41) is 18.0. The van der Waals surface area contributed by atoms with E-state index in [4.69, 9.17) is 11.6 Å². The summed E-state index contributed by atoms with van der Waals surface area (Å²) in [6.45, 7) is 4.43. The summed E-state index contributed by atoms with van der Waals surface area (Å²) in [6.07, 6.45) is 1.24. The van der Waals surface area contributed by atoms with Crippen LogP contribution in [0.1, 0.15) is 43.7 Å². The van der Waals surface area contributed by atoms with Crippen molar-refractivity contribution in [1.82, 2.24) is 25.9 Å². The van der Waals surface area contributed by atoms with Gasteiger partial charge in [-0.1, -0.05) is 31.5 Å². The number of benzene rings is 1. The third-order valence-corrected chi connectivity index (χ3v) is 5.48. The highest BCUT2D eigenvalue weighted by molar-refractivity contribution is 6.35. The normalized spacial score (nSPS) is 17.8. The molecule has 0 bridgehead atoms. The lowest BCUT2D eigenvalue weighted by molar-refractivity contribution is -0.125. The molecule has 1 aliphatic rings. The van der Waals surface area contributed by atoms with Crippen molar-refractivity contribution in [3.8, 4) is 6.07 Å². The van der Waals surface area contributed by atoms with Crippen LogP contribution >= 0.6 is 11.6 Å². The fourth-order valence-corrected chi connectivity index (χ4v) is 3.82. The summed E-state index contributed by atoms with van der Waals surface area (Å²) in [4.78, 5) is 44.5. The average Bonchev–Trinajstić information content (AvgIpc) is 3.33. The number of H-pyrrole nitrogens is 1. The predicted molar refractivity (Wildman–Crippen MR) is 115 cm³/mol. The molecule has 31 heavy (non-hydrogen) atoms. The van der Waals surface area contributed by atoms with Gasteiger partial charge in [-0.3, -0.25) is 14.4 Å². The smallest absolute Gasteiger partial charge is 0.287 e. The number of imidazole rings is 1. The lowest BCUT2D eigenvalue weighted by Crippen LogP contribution is -2.50. The third-order valence-electron chi connectivity index (χ3n) is 5.17. The quantitative estimate of drug-likeness (QED) is 0.492. The molecule has 1 saturated heterocycles. The van der Waals surface area contributed by atoms with Crippen molar-refractivity contribution in [2.75, 3.05) is 6.54 Å². The monoisotopic (exact) mass is 444 g/mol. The number of aromatic amines is 1. The second-order valence-electron chi connectivity index (χ2n) is 8.08. The largest absolute Gasteiger partial charge is 0.356 e. The first-order valence-corrected chi connectivity index (χ1v) is 10.6. The molecule has 3 rings (SSSR count). The van der Waals surface area contributed by atoms with E-state index in [0.717, 1.165) is 0 Å². The number of amides is 3. The number of para-hydroxylation sites is 1. The molecule has 1 fully saturated rings. The van der Waals surface area contributed by atoms with Gasteiger partial charge < -0.3 is 20.9 Å². The third kappa shape index (κ3) is 5.52. The van der Waals surface area contributed by atoms with Crippen LogP contribution < -0.4 is 16.0 Å². The highest BCUT2D eigenvalue weighted by atomic mass is 35.5. The lowest BCUT2D eigenvalue weighted by Gasteiger charge is -2.22. The minimum absolute atomic E-state index is 0.0455. The molecule has 0 spiro atoms. The van der Waals surface area contributed by atoms with E-state index in [-0.39, 0.29) is 30.0 Å². The van der Waals surface area contributed by atoms with Crippen LogP contribution in [0.5, 0.6) is 0 Å². The maximum absolute atomic E-state index is 12.9. The van der Waals surface area contributed by atoms with E-state index < -0.39 is 23.9 Å². The SMILES string of the molecule is CC(C)C[C@H](NC(=O)c1nc2cccc(Cl)c2[nH]1)C(=O)N[C@H](C#N)C[C@@H]1CCNC1=O. The Labute approximate surface area is 184 Å². The molecule has 10 heteroatoms. The van der Waals surface area contributed by atoms with E-state index in [0.29, 0.717) is 35.4 Å². The zero-order valence-electron chi connectivity index (χ0n) is 17.4. The molecule has 1 aromatic heterocycles. The highest BCUT2D eigenvalue weighted by Gasteiger charge is 2.30. The Kier molecular flexibility index (Phi) is 7.13. The van der Waals surface area contributed by atoms with Crippen molar-refractivity contribution in [2.45, 2.75) is 45.2 Å². The van der Waals surface area contributed by atoms with Crippen LogP contribution in [0.25, 0.3) is 11.0 Å². The second-order valence-corrected chi connectivity index (χ2v) is 8.48. The summed E-state index contributed by atoms with van der Waals surface area (Å²) >= 11 is 6.13. The van der Waals surface area contributed by atoms with Gasteiger partial charge in [-0.2, -0.15) is 5.26 Å². The Bertz CT molecular complexity index is 1030. The number of aromatic nitrogens is 2. The van der Waals surface area contributed by atoms with E-state index in [2.05, 4.69) is 25.9 Å². The number of rotatable bonds is 8. The number of carbonyl (C=O) groups excluding carboxylic acids is 3. The Morgan fingerprint density at radius 1 is 1.35 bits per heavy atom. The summed E-state index contributed by atoms with van der Waals surface area (Å²) in [7, 11) is 0. The fraction of sp³-hybridized carbons (Fsp3) is 0.476. The Morgan fingerprint density at radius 3 is 2.74 bits per heavy atom. The van der Waals surface area contributed by atoms with Crippen molar-refractivity contribution in [3.63, 3.8) is 0 Å². The van der Waals surface area contributed by atoms with E-state index in [1.165, 1.54) is 0 Å². The first-order chi connectivity index (χ1) is 14.8. The number of fused-ring (bicyclic) bond motifs is 1. The Hall–Kier alpha value is -3.12. The van der Waals surface area contributed by atoms with Gasteiger partial charge in [-0.15, -0.1) is 0 Å². The minimum atomic E-state index is -0.857. The van der Waals surface area contributed by atoms with Gasteiger partial charge in [0.15, 0.2) is 5.82 Å². The number of carbonyl (C=O) groups is 3. The van der Waals surface area contributed by atoms with Crippen LogP contribution in [0.2, 0.25) is 5.02 Å². The van der Waals surface area contributed by atoms with E-state index in [1.807, 2.05) is 19.9 Å². The van der Waals surface area contributed by atoms with Gasteiger partial charge in [-0.25, -0.2) is 4.98 Å². The number of hydrogen-bond donors (Lipinski definition) is 4. The molecule has 9 nitrogen and oxygen atoms in total. The molecule has 0 aliphatic carbocycles. The molecule has 0 saturated carbocycles. The van der Waals surface area contributed by atoms with E-state index in [9.17, 15) is 19.6 Å². The van der Waals surface area contributed by atoms with Crippen molar-refractivity contribution in [3.05, 3.63) is 29.0 Å². The van der Waals surface area contributed by atoms with Crippen LogP contribution in [0.15, 0.2) is 18.2 Å². The molecule has 2 heterocycles. The van der Waals surface area contributed by atoms with Gasteiger partial charge in [0.2, 0.25) is 11.8 Å². The zero-order valence-corrected chi connectivity index (χ0v) is 18.1. The molecular weight excluding hydrogens is 420 g/mol. The fourth-order valence-electron chi connectivity index (χ4n) is 3.60. The standard InChI is InChI=1S/C21H25ClN6O3/c1-11(2)8-16(20(30)25-13(10-23)9-12-6-7-24-19(12)29)27-21(31)18-26-15-5-3-4-14(22)17(15)28-18/h3-5,11-13,16H,6-9H2,1-2H3,(H,24,29)(H,25,30)(H,26,28)(H,27,31)/t12-,13-,16-/m0/s1. The zero-order chi connectivity index (χ0) is 22.5. The summed E-state index contributed by atoms with van der Waals surface area (Å²) in [6, 6.07) is 5.50. The predicted octanol–water partition coefficient (Wildman–Crippen LogP) is 1.90. The molecule has 1 aliphatic heterocycles. The molecule has 0 radical (unpaired) electrons. The van der Waals surface area contributed by atoms with Gasteiger partial charge in [0, 0.05) is 12.5 Å². The molecule has 1 aromatic carbocycles. The summed E-state index contributed by atoms with van der Waals surface area (Å²) in [5.41, 5.74) is 1.08.